The molecule has 0 bridgehead atoms. The Labute approximate surface area is 143 Å². The van der Waals surface area contributed by atoms with E-state index >= 15 is 0 Å². The highest BCUT2D eigenvalue weighted by Crippen LogP contribution is 2.25. The summed E-state index contributed by atoms with van der Waals surface area (Å²) in [4.78, 5) is 16.7. The van der Waals surface area contributed by atoms with Gasteiger partial charge in [0.25, 0.3) is 15.9 Å². The largest absolute Gasteiger partial charge is 0.322 e. The van der Waals surface area contributed by atoms with Gasteiger partial charge in [-0.1, -0.05) is 16.1 Å². The summed E-state index contributed by atoms with van der Waals surface area (Å²) in [6.07, 6.45) is 0. The number of benzene rings is 2. The monoisotopic (exact) mass is 372 g/mol. The number of rotatable bonds is 5. The Kier molecular flexibility index (Phi) is 5.55. The van der Waals surface area contributed by atoms with Gasteiger partial charge in [-0.3, -0.25) is 9.63 Å². The van der Waals surface area contributed by atoms with Crippen LogP contribution in [0.2, 0.25) is 5.02 Å². The molecule has 0 saturated carbocycles. The zero-order valence-electron chi connectivity index (χ0n) is 12.8. The second-order valence-corrected chi connectivity index (χ2v) is 7.01. The molecule has 0 radical (unpaired) electrons. The number of hydrogen-bond donors (Lipinski definition) is 1. The molecule has 9 heteroatoms. The number of halogens is 2. The van der Waals surface area contributed by atoms with Gasteiger partial charge in [-0.2, -0.15) is 0 Å². The number of nitrogens with zero attached hydrogens (tertiary/aromatic N) is 1. The summed E-state index contributed by atoms with van der Waals surface area (Å²) in [6, 6.07) is 9.00. The van der Waals surface area contributed by atoms with Crippen LogP contribution in [0.15, 0.2) is 47.4 Å². The Bertz CT molecular complexity index is 856. The van der Waals surface area contributed by atoms with E-state index < -0.39 is 21.7 Å². The summed E-state index contributed by atoms with van der Waals surface area (Å²) in [5.74, 6) is -0.995. The molecule has 0 saturated heterocycles. The SMILES string of the molecule is CON(C)S(=O)(=O)c1cc(C(=O)Nc2ccc(F)cc2)ccc1Cl. The van der Waals surface area contributed by atoms with Gasteiger partial charge in [0, 0.05) is 18.3 Å². The molecule has 0 unspecified atom stereocenters. The second kappa shape index (κ2) is 7.27. The number of hydrogen-bond acceptors (Lipinski definition) is 4. The van der Waals surface area contributed by atoms with Crippen molar-refractivity contribution in [1.82, 2.24) is 4.47 Å². The van der Waals surface area contributed by atoms with Gasteiger partial charge < -0.3 is 5.32 Å². The number of sulfonamides is 1. The molecular formula is C15H14ClFN2O4S. The molecule has 2 aromatic rings. The summed E-state index contributed by atoms with van der Waals surface area (Å²) in [7, 11) is -1.61. The second-order valence-electron chi connectivity index (χ2n) is 4.70. The van der Waals surface area contributed by atoms with E-state index in [0.29, 0.717) is 10.2 Å². The maximum atomic E-state index is 12.9. The van der Waals surface area contributed by atoms with Crippen molar-refractivity contribution in [2.75, 3.05) is 19.5 Å². The summed E-state index contributed by atoms with van der Waals surface area (Å²) in [5, 5.41) is 2.49. The van der Waals surface area contributed by atoms with Crippen molar-refractivity contribution in [2.24, 2.45) is 0 Å². The number of amides is 1. The van der Waals surface area contributed by atoms with Crippen LogP contribution in [0.5, 0.6) is 0 Å². The fraction of sp³-hybridized carbons (Fsp3) is 0.133. The lowest BCUT2D eigenvalue weighted by Crippen LogP contribution is -2.26. The molecule has 0 aliphatic rings. The molecular weight excluding hydrogens is 359 g/mol. The van der Waals surface area contributed by atoms with E-state index in [9.17, 15) is 17.6 Å². The molecule has 24 heavy (non-hydrogen) atoms. The van der Waals surface area contributed by atoms with Crippen LogP contribution >= 0.6 is 11.6 Å². The minimum atomic E-state index is -4.00. The number of anilines is 1. The first-order valence-electron chi connectivity index (χ1n) is 6.65. The van der Waals surface area contributed by atoms with E-state index in [4.69, 9.17) is 11.6 Å². The lowest BCUT2D eigenvalue weighted by molar-refractivity contribution is -0.0258. The summed E-state index contributed by atoms with van der Waals surface area (Å²) < 4.78 is 38.1. The third-order valence-corrected chi connectivity index (χ3v) is 5.33. The first-order chi connectivity index (χ1) is 11.3. The minimum absolute atomic E-state index is 0.0442. The van der Waals surface area contributed by atoms with Gasteiger partial charge in [0.2, 0.25) is 0 Å². The standard InChI is InChI=1S/C15H14ClFN2O4S/c1-19(23-2)24(21,22)14-9-10(3-8-13(14)16)15(20)18-12-6-4-11(17)5-7-12/h3-9H,1-2H3,(H,18,20). The van der Waals surface area contributed by atoms with E-state index in [1.807, 2.05) is 0 Å². The van der Waals surface area contributed by atoms with Crippen LogP contribution in [0.1, 0.15) is 10.4 Å². The van der Waals surface area contributed by atoms with Crippen LogP contribution < -0.4 is 5.32 Å². The molecule has 0 aliphatic heterocycles. The maximum absolute atomic E-state index is 12.9. The van der Waals surface area contributed by atoms with Crippen molar-refractivity contribution in [3.63, 3.8) is 0 Å². The van der Waals surface area contributed by atoms with Gasteiger partial charge in [0.05, 0.1) is 12.1 Å². The quantitative estimate of drug-likeness (QED) is 0.819. The van der Waals surface area contributed by atoms with E-state index in [2.05, 4.69) is 10.2 Å². The topological polar surface area (TPSA) is 75.7 Å². The van der Waals surface area contributed by atoms with Gasteiger partial charge in [0.15, 0.2) is 0 Å². The molecule has 1 N–H and O–H groups in total. The molecule has 2 rings (SSSR count). The molecule has 0 spiro atoms. The Morgan fingerprint density at radius 3 is 2.42 bits per heavy atom. The van der Waals surface area contributed by atoms with Crippen molar-refractivity contribution in [3.8, 4) is 0 Å². The van der Waals surface area contributed by atoms with Gasteiger partial charge in [0.1, 0.15) is 10.7 Å². The third kappa shape index (κ3) is 3.90. The molecule has 6 nitrogen and oxygen atoms in total. The fourth-order valence-corrected chi connectivity index (χ4v) is 3.29. The first kappa shape index (κ1) is 18.3. The number of carbonyl (C=O) groups excluding carboxylic acids is 1. The molecule has 0 fully saturated rings. The van der Waals surface area contributed by atoms with Crippen molar-refractivity contribution >= 4 is 33.2 Å². The van der Waals surface area contributed by atoms with E-state index in [1.54, 1.807) is 0 Å². The van der Waals surface area contributed by atoms with Crippen molar-refractivity contribution in [2.45, 2.75) is 4.90 Å². The predicted octanol–water partition coefficient (Wildman–Crippen LogP) is 2.91. The molecule has 0 atom stereocenters. The molecule has 0 aromatic heterocycles. The van der Waals surface area contributed by atoms with Crippen molar-refractivity contribution in [3.05, 3.63) is 58.9 Å². The van der Waals surface area contributed by atoms with Crippen LogP contribution in [0, 0.1) is 5.82 Å². The Hall–Kier alpha value is -2.00. The van der Waals surface area contributed by atoms with Gasteiger partial charge >= 0.3 is 0 Å². The minimum Gasteiger partial charge on any atom is -0.322 e. The van der Waals surface area contributed by atoms with Crippen LogP contribution in [-0.4, -0.2) is 33.0 Å². The smallest absolute Gasteiger partial charge is 0.266 e. The molecule has 0 heterocycles. The number of nitrogens with one attached hydrogen (secondary N) is 1. The highest BCUT2D eigenvalue weighted by molar-refractivity contribution is 7.89. The molecule has 2 aromatic carbocycles. The van der Waals surface area contributed by atoms with Crippen LogP contribution in [0.4, 0.5) is 10.1 Å². The maximum Gasteiger partial charge on any atom is 0.266 e. The van der Waals surface area contributed by atoms with Crippen LogP contribution in [-0.2, 0) is 14.9 Å². The molecule has 1 amide bonds. The molecule has 128 valence electrons. The lowest BCUT2D eigenvalue weighted by Gasteiger charge is -2.15. The number of carbonyl (C=O) groups is 1. The lowest BCUT2D eigenvalue weighted by atomic mass is 10.2. The highest BCUT2D eigenvalue weighted by Gasteiger charge is 2.25. The highest BCUT2D eigenvalue weighted by atomic mass is 35.5. The van der Waals surface area contributed by atoms with Crippen molar-refractivity contribution < 1.29 is 22.4 Å². The van der Waals surface area contributed by atoms with Gasteiger partial charge in [-0.25, -0.2) is 12.8 Å². The third-order valence-electron chi connectivity index (χ3n) is 3.17. The Morgan fingerprint density at radius 2 is 1.83 bits per heavy atom. The van der Waals surface area contributed by atoms with Gasteiger partial charge in [-0.15, -0.1) is 0 Å². The predicted molar refractivity (Wildman–Crippen MR) is 87.8 cm³/mol. The molecule has 0 aliphatic carbocycles. The van der Waals surface area contributed by atoms with E-state index in [-0.39, 0.29) is 15.5 Å². The Morgan fingerprint density at radius 1 is 1.21 bits per heavy atom. The normalized spacial score (nSPS) is 11.5. The van der Waals surface area contributed by atoms with Crippen LogP contribution in [0.25, 0.3) is 0 Å². The number of hydroxylamine groups is 1. The zero-order valence-corrected chi connectivity index (χ0v) is 14.4. The summed E-state index contributed by atoms with van der Waals surface area (Å²) in [6.45, 7) is 0. The van der Waals surface area contributed by atoms with E-state index in [0.717, 1.165) is 6.07 Å². The fourth-order valence-electron chi connectivity index (χ4n) is 1.82. The van der Waals surface area contributed by atoms with E-state index in [1.165, 1.54) is 50.6 Å². The first-order valence-corrected chi connectivity index (χ1v) is 8.47. The average molecular weight is 373 g/mol. The summed E-state index contributed by atoms with van der Waals surface area (Å²) >= 11 is 5.93. The van der Waals surface area contributed by atoms with Crippen LogP contribution in [0.3, 0.4) is 0 Å². The Balaban J connectivity index is 2.33. The van der Waals surface area contributed by atoms with Gasteiger partial charge in [-0.05, 0) is 42.5 Å². The zero-order chi connectivity index (χ0) is 17.9. The average Bonchev–Trinajstić information content (AvgIpc) is 2.56. The van der Waals surface area contributed by atoms with Crippen molar-refractivity contribution in [1.29, 1.82) is 0 Å². The summed E-state index contributed by atoms with van der Waals surface area (Å²) in [5.41, 5.74) is 0.446.